The Morgan fingerprint density at radius 2 is 2.17 bits per heavy atom. The van der Waals surface area contributed by atoms with E-state index in [9.17, 15) is 4.79 Å². The summed E-state index contributed by atoms with van der Waals surface area (Å²) in [4.78, 5) is 14.1. The highest BCUT2D eigenvalue weighted by Gasteiger charge is 2.23. The minimum atomic E-state index is 0. The molecule has 1 aliphatic rings. The summed E-state index contributed by atoms with van der Waals surface area (Å²) in [5.41, 5.74) is 0. The zero-order valence-electron chi connectivity index (χ0n) is 12.1. The minimum absolute atomic E-state index is 0. The van der Waals surface area contributed by atoms with Gasteiger partial charge in [0.1, 0.15) is 0 Å². The van der Waals surface area contributed by atoms with Crippen molar-refractivity contribution in [2.24, 2.45) is 11.8 Å². The third-order valence-corrected chi connectivity index (χ3v) is 3.86. The molecule has 0 aromatic heterocycles. The molecular formula is C14H29ClN2O. The Labute approximate surface area is 118 Å². The van der Waals surface area contributed by atoms with Crippen LogP contribution in [0.4, 0.5) is 0 Å². The molecule has 1 heterocycles. The van der Waals surface area contributed by atoms with Crippen LogP contribution in [0, 0.1) is 11.8 Å². The fourth-order valence-corrected chi connectivity index (χ4v) is 2.66. The molecule has 0 bridgehead atoms. The number of amides is 1. The van der Waals surface area contributed by atoms with Crippen LogP contribution in [0.3, 0.4) is 0 Å². The molecule has 3 nitrogen and oxygen atoms in total. The van der Waals surface area contributed by atoms with Gasteiger partial charge in [-0.3, -0.25) is 4.79 Å². The smallest absolute Gasteiger partial charge is 0.222 e. The molecule has 1 amide bonds. The Morgan fingerprint density at radius 1 is 1.44 bits per heavy atom. The molecule has 1 saturated heterocycles. The maximum absolute atomic E-state index is 12.1. The van der Waals surface area contributed by atoms with Gasteiger partial charge in [0.15, 0.2) is 0 Å². The van der Waals surface area contributed by atoms with E-state index in [1.165, 1.54) is 12.8 Å². The van der Waals surface area contributed by atoms with Gasteiger partial charge in [0, 0.05) is 19.5 Å². The van der Waals surface area contributed by atoms with E-state index in [2.05, 4.69) is 26.1 Å². The van der Waals surface area contributed by atoms with Gasteiger partial charge in [-0.25, -0.2) is 0 Å². The minimum Gasteiger partial charge on any atom is -0.343 e. The lowest BCUT2D eigenvalue weighted by Crippen LogP contribution is -2.37. The number of rotatable bonds is 6. The quantitative estimate of drug-likeness (QED) is 0.809. The number of nitrogens with zero attached hydrogens (tertiary/aromatic N) is 1. The lowest BCUT2D eigenvalue weighted by atomic mass is 9.85. The van der Waals surface area contributed by atoms with Crippen LogP contribution >= 0.6 is 12.4 Å². The number of carbonyl (C=O) groups excluding carboxylic acids is 1. The lowest BCUT2D eigenvalue weighted by molar-refractivity contribution is -0.132. The van der Waals surface area contributed by atoms with E-state index in [0.29, 0.717) is 17.7 Å². The van der Waals surface area contributed by atoms with Gasteiger partial charge in [0.2, 0.25) is 5.91 Å². The zero-order chi connectivity index (χ0) is 12.7. The van der Waals surface area contributed by atoms with Crippen molar-refractivity contribution in [1.29, 1.82) is 0 Å². The molecule has 0 saturated carbocycles. The summed E-state index contributed by atoms with van der Waals surface area (Å²) in [6, 6.07) is 0. The van der Waals surface area contributed by atoms with Crippen LogP contribution in [0.5, 0.6) is 0 Å². The zero-order valence-corrected chi connectivity index (χ0v) is 12.9. The van der Waals surface area contributed by atoms with Crippen LogP contribution in [-0.4, -0.2) is 37.0 Å². The Kier molecular flexibility index (Phi) is 9.47. The van der Waals surface area contributed by atoms with Gasteiger partial charge in [-0.1, -0.05) is 13.8 Å². The van der Waals surface area contributed by atoms with E-state index >= 15 is 0 Å². The second-order valence-corrected chi connectivity index (χ2v) is 5.26. The summed E-state index contributed by atoms with van der Waals surface area (Å²) in [7, 11) is 0. The number of carbonyl (C=O) groups is 1. The largest absolute Gasteiger partial charge is 0.343 e. The first-order valence-electron chi connectivity index (χ1n) is 7.17. The molecule has 2 unspecified atom stereocenters. The molecule has 0 aliphatic carbocycles. The SMILES string of the molecule is CCCN(CC)C(=O)CC(C)C1CCCNC1.Cl. The second-order valence-electron chi connectivity index (χ2n) is 5.26. The number of hydrogen-bond donors (Lipinski definition) is 1. The van der Waals surface area contributed by atoms with Crippen molar-refractivity contribution in [3.05, 3.63) is 0 Å². The fourth-order valence-electron chi connectivity index (χ4n) is 2.66. The summed E-state index contributed by atoms with van der Waals surface area (Å²) in [5.74, 6) is 1.54. The molecular weight excluding hydrogens is 248 g/mol. The molecule has 108 valence electrons. The maximum atomic E-state index is 12.1. The van der Waals surface area contributed by atoms with Gasteiger partial charge in [-0.2, -0.15) is 0 Å². The van der Waals surface area contributed by atoms with E-state index in [1.54, 1.807) is 0 Å². The predicted octanol–water partition coefficient (Wildman–Crippen LogP) is 2.69. The summed E-state index contributed by atoms with van der Waals surface area (Å²) in [6.07, 6.45) is 4.32. The lowest BCUT2D eigenvalue weighted by Gasteiger charge is -2.29. The first kappa shape index (κ1) is 17.7. The highest BCUT2D eigenvalue weighted by Crippen LogP contribution is 2.23. The molecule has 1 aliphatic heterocycles. The van der Waals surface area contributed by atoms with E-state index < -0.39 is 0 Å². The number of piperidine rings is 1. The van der Waals surface area contributed by atoms with E-state index in [0.717, 1.165) is 39.0 Å². The van der Waals surface area contributed by atoms with E-state index in [4.69, 9.17) is 0 Å². The van der Waals surface area contributed by atoms with Crippen LogP contribution in [0.1, 0.15) is 46.5 Å². The van der Waals surface area contributed by atoms with Crippen LogP contribution in [-0.2, 0) is 4.79 Å². The van der Waals surface area contributed by atoms with Crippen LogP contribution < -0.4 is 5.32 Å². The van der Waals surface area contributed by atoms with Crippen LogP contribution in [0.25, 0.3) is 0 Å². The second kappa shape index (κ2) is 9.62. The number of nitrogens with one attached hydrogen (secondary N) is 1. The topological polar surface area (TPSA) is 32.3 Å². The summed E-state index contributed by atoms with van der Waals surface area (Å²) < 4.78 is 0. The summed E-state index contributed by atoms with van der Waals surface area (Å²) in [5, 5.41) is 3.43. The first-order valence-corrected chi connectivity index (χ1v) is 7.17. The van der Waals surface area contributed by atoms with Gasteiger partial charge in [-0.05, 0) is 51.1 Å². The highest BCUT2D eigenvalue weighted by molar-refractivity contribution is 5.85. The molecule has 0 radical (unpaired) electrons. The Hall–Kier alpha value is -0.280. The van der Waals surface area contributed by atoms with E-state index in [-0.39, 0.29) is 12.4 Å². The van der Waals surface area contributed by atoms with Gasteiger partial charge in [0.25, 0.3) is 0 Å². The Morgan fingerprint density at radius 3 is 2.67 bits per heavy atom. The molecule has 2 atom stereocenters. The standard InChI is InChI=1S/C14H28N2O.ClH/c1-4-9-16(5-2)14(17)10-12(3)13-7-6-8-15-11-13;/h12-13,15H,4-11H2,1-3H3;1H. The van der Waals surface area contributed by atoms with Gasteiger partial charge in [-0.15, -0.1) is 12.4 Å². The number of hydrogen-bond acceptors (Lipinski definition) is 2. The molecule has 1 N–H and O–H groups in total. The van der Waals surface area contributed by atoms with Crippen molar-refractivity contribution >= 4 is 18.3 Å². The van der Waals surface area contributed by atoms with Crippen molar-refractivity contribution < 1.29 is 4.79 Å². The third-order valence-electron chi connectivity index (χ3n) is 3.86. The summed E-state index contributed by atoms with van der Waals surface area (Å²) >= 11 is 0. The van der Waals surface area contributed by atoms with Crippen LogP contribution in [0.2, 0.25) is 0 Å². The molecule has 18 heavy (non-hydrogen) atoms. The van der Waals surface area contributed by atoms with Crippen molar-refractivity contribution in [1.82, 2.24) is 10.2 Å². The van der Waals surface area contributed by atoms with Crippen molar-refractivity contribution in [2.45, 2.75) is 46.5 Å². The monoisotopic (exact) mass is 276 g/mol. The average molecular weight is 277 g/mol. The molecule has 0 aromatic carbocycles. The molecule has 0 aromatic rings. The predicted molar refractivity (Wildman–Crippen MR) is 79.2 cm³/mol. The van der Waals surface area contributed by atoms with Gasteiger partial charge in [0.05, 0.1) is 0 Å². The Bertz CT molecular complexity index is 230. The van der Waals surface area contributed by atoms with Gasteiger partial charge < -0.3 is 10.2 Å². The molecule has 4 heteroatoms. The van der Waals surface area contributed by atoms with Crippen LogP contribution in [0.15, 0.2) is 0 Å². The number of halogens is 1. The Balaban J connectivity index is 0.00000289. The van der Waals surface area contributed by atoms with Gasteiger partial charge >= 0.3 is 0 Å². The third kappa shape index (κ3) is 5.57. The van der Waals surface area contributed by atoms with Crippen molar-refractivity contribution in [3.8, 4) is 0 Å². The molecule has 1 rings (SSSR count). The van der Waals surface area contributed by atoms with E-state index in [1.807, 2.05) is 4.90 Å². The average Bonchev–Trinajstić information content (AvgIpc) is 2.36. The highest BCUT2D eigenvalue weighted by atomic mass is 35.5. The van der Waals surface area contributed by atoms with Crippen molar-refractivity contribution in [3.63, 3.8) is 0 Å². The fraction of sp³-hybridized carbons (Fsp3) is 0.929. The maximum Gasteiger partial charge on any atom is 0.222 e. The molecule has 1 fully saturated rings. The normalized spacial score (nSPS) is 20.9. The molecule has 0 spiro atoms. The first-order chi connectivity index (χ1) is 8.19. The van der Waals surface area contributed by atoms with Crippen molar-refractivity contribution in [2.75, 3.05) is 26.2 Å². The summed E-state index contributed by atoms with van der Waals surface area (Å²) in [6.45, 7) is 10.4.